The second-order valence-electron chi connectivity index (χ2n) is 3.02. The predicted molar refractivity (Wildman–Crippen MR) is 47.0 cm³/mol. The SMILES string of the molecule is CCONCC(CN)C(C)C. The Morgan fingerprint density at radius 3 is 2.45 bits per heavy atom. The Hall–Kier alpha value is -0.120. The Kier molecular flexibility index (Phi) is 6.51. The van der Waals surface area contributed by atoms with E-state index in [1.807, 2.05) is 6.92 Å². The summed E-state index contributed by atoms with van der Waals surface area (Å²) in [6, 6.07) is 0. The topological polar surface area (TPSA) is 47.3 Å². The molecular weight excluding hydrogens is 140 g/mol. The van der Waals surface area contributed by atoms with E-state index >= 15 is 0 Å². The van der Waals surface area contributed by atoms with Crippen LogP contribution in [0.2, 0.25) is 0 Å². The van der Waals surface area contributed by atoms with Gasteiger partial charge in [-0.2, -0.15) is 0 Å². The molecule has 0 heterocycles. The molecule has 3 nitrogen and oxygen atoms in total. The zero-order valence-electron chi connectivity index (χ0n) is 7.76. The number of hydrogen-bond donors (Lipinski definition) is 2. The summed E-state index contributed by atoms with van der Waals surface area (Å²) >= 11 is 0. The minimum absolute atomic E-state index is 0.515. The van der Waals surface area contributed by atoms with Gasteiger partial charge in [-0.05, 0) is 25.3 Å². The maximum atomic E-state index is 5.56. The fourth-order valence-corrected chi connectivity index (χ4v) is 0.859. The van der Waals surface area contributed by atoms with Gasteiger partial charge in [-0.15, -0.1) is 0 Å². The first-order valence-electron chi connectivity index (χ1n) is 4.27. The van der Waals surface area contributed by atoms with Crippen LogP contribution >= 0.6 is 0 Å². The van der Waals surface area contributed by atoms with Gasteiger partial charge in [-0.1, -0.05) is 13.8 Å². The number of rotatable bonds is 6. The van der Waals surface area contributed by atoms with Gasteiger partial charge in [-0.25, -0.2) is 5.48 Å². The minimum atomic E-state index is 0.515. The summed E-state index contributed by atoms with van der Waals surface area (Å²) in [7, 11) is 0. The summed E-state index contributed by atoms with van der Waals surface area (Å²) in [4.78, 5) is 5.01. The van der Waals surface area contributed by atoms with E-state index in [2.05, 4.69) is 19.3 Å². The predicted octanol–water partition coefficient (Wildman–Crippen LogP) is 0.758. The number of nitrogens with two attached hydrogens (primary N) is 1. The van der Waals surface area contributed by atoms with E-state index in [4.69, 9.17) is 10.6 Å². The molecule has 1 unspecified atom stereocenters. The first kappa shape index (κ1) is 10.9. The van der Waals surface area contributed by atoms with E-state index in [0.717, 1.165) is 13.1 Å². The summed E-state index contributed by atoms with van der Waals surface area (Å²) in [6.07, 6.45) is 0. The van der Waals surface area contributed by atoms with Crippen molar-refractivity contribution >= 4 is 0 Å². The maximum Gasteiger partial charge on any atom is 0.0653 e. The Morgan fingerprint density at radius 1 is 1.45 bits per heavy atom. The maximum absolute atomic E-state index is 5.56. The van der Waals surface area contributed by atoms with Gasteiger partial charge in [0, 0.05) is 6.54 Å². The van der Waals surface area contributed by atoms with Gasteiger partial charge in [0.05, 0.1) is 6.61 Å². The van der Waals surface area contributed by atoms with Crippen LogP contribution in [-0.2, 0) is 4.84 Å². The molecule has 0 aromatic heterocycles. The Labute approximate surface area is 69.3 Å². The normalized spacial score (nSPS) is 13.9. The van der Waals surface area contributed by atoms with E-state index < -0.39 is 0 Å². The summed E-state index contributed by atoms with van der Waals surface area (Å²) in [5.74, 6) is 1.13. The number of nitrogens with one attached hydrogen (secondary N) is 1. The van der Waals surface area contributed by atoms with Crippen molar-refractivity contribution < 1.29 is 4.84 Å². The molecule has 0 aromatic carbocycles. The molecule has 0 aromatic rings. The molecule has 1 atom stereocenters. The second kappa shape index (κ2) is 6.58. The summed E-state index contributed by atoms with van der Waals surface area (Å²) in [5.41, 5.74) is 8.45. The van der Waals surface area contributed by atoms with Crippen molar-refractivity contribution in [2.75, 3.05) is 19.7 Å². The highest BCUT2D eigenvalue weighted by Gasteiger charge is 2.09. The van der Waals surface area contributed by atoms with Gasteiger partial charge in [0.25, 0.3) is 0 Å². The van der Waals surface area contributed by atoms with Crippen LogP contribution in [0.1, 0.15) is 20.8 Å². The molecule has 0 spiro atoms. The molecule has 0 saturated heterocycles. The van der Waals surface area contributed by atoms with E-state index in [1.54, 1.807) is 0 Å². The average Bonchev–Trinajstić information content (AvgIpc) is 1.97. The molecule has 0 rings (SSSR count). The Bertz CT molecular complexity index is 86.2. The van der Waals surface area contributed by atoms with Crippen LogP contribution in [0, 0.1) is 11.8 Å². The molecule has 0 aliphatic heterocycles. The van der Waals surface area contributed by atoms with Gasteiger partial charge in [0.15, 0.2) is 0 Å². The molecule has 0 radical (unpaired) electrons. The van der Waals surface area contributed by atoms with Gasteiger partial charge in [0.2, 0.25) is 0 Å². The van der Waals surface area contributed by atoms with Crippen molar-refractivity contribution in [1.82, 2.24) is 5.48 Å². The monoisotopic (exact) mass is 160 g/mol. The van der Waals surface area contributed by atoms with E-state index in [0.29, 0.717) is 18.4 Å². The van der Waals surface area contributed by atoms with Crippen molar-refractivity contribution in [1.29, 1.82) is 0 Å². The third-order valence-electron chi connectivity index (χ3n) is 1.84. The second-order valence-corrected chi connectivity index (χ2v) is 3.02. The Morgan fingerprint density at radius 2 is 2.09 bits per heavy atom. The molecule has 0 aliphatic rings. The lowest BCUT2D eigenvalue weighted by molar-refractivity contribution is 0.0378. The summed E-state index contributed by atoms with van der Waals surface area (Å²) in [5, 5.41) is 0. The highest BCUT2D eigenvalue weighted by Crippen LogP contribution is 2.06. The Balaban J connectivity index is 3.36. The van der Waals surface area contributed by atoms with Gasteiger partial charge in [-0.3, -0.25) is 0 Å². The third kappa shape index (κ3) is 5.18. The summed E-state index contributed by atoms with van der Waals surface area (Å²) < 4.78 is 0. The van der Waals surface area contributed by atoms with E-state index in [-0.39, 0.29) is 0 Å². The minimum Gasteiger partial charge on any atom is -0.330 e. The van der Waals surface area contributed by atoms with Crippen LogP contribution in [0.15, 0.2) is 0 Å². The fraction of sp³-hybridized carbons (Fsp3) is 1.00. The first-order chi connectivity index (χ1) is 5.22. The quantitative estimate of drug-likeness (QED) is 0.445. The largest absolute Gasteiger partial charge is 0.330 e. The molecule has 0 aliphatic carbocycles. The highest BCUT2D eigenvalue weighted by molar-refractivity contribution is 4.63. The summed E-state index contributed by atoms with van der Waals surface area (Å²) in [6.45, 7) is 8.57. The number of hydroxylamine groups is 1. The lowest BCUT2D eigenvalue weighted by Crippen LogP contribution is -2.31. The zero-order chi connectivity index (χ0) is 8.69. The molecule has 3 N–H and O–H groups in total. The van der Waals surface area contributed by atoms with E-state index in [1.165, 1.54) is 0 Å². The molecule has 11 heavy (non-hydrogen) atoms. The van der Waals surface area contributed by atoms with E-state index in [9.17, 15) is 0 Å². The molecule has 0 amide bonds. The van der Waals surface area contributed by atoms with Crippen LogP contribution in [0.25, 0.3) is 0 Å². The van der Waals surface area contributed by atoms with Crippen molar-refractivity contribution in [3.05, 3.63) is 0 Å². The van der Waals surface area contributed by atoms with Crippen molar-refractivity contribution in [3.63, 3.8) is 0 Å². The smallest absolute Gasteiger partial charge is 0.0653 e. The van der Waals surface area contributed by atoms with Crippen LogP contribution in [0.3, 0.4) is 0 Å². The van der Waals surface area contributed by atoms with Crippen molar-refractivity contribution in [2.24, 2.45) is 17.6 Å². The standard InChI is InChI=1S/C8H20N2O/c1-4-11-10-6-8(5-9)7(2)3/h7-8,10H,4-6,9H2,1-3H3. The molecule has 3 heteroatoms. The number of hydrogen-bond acceptors (Lipinski definition) is 3. The molecule has 0 fully saturated rings. The van der Waals surface area contributed by atoms with Gasteiger partial charge < -0.3 is 10.6 Å². The van der Waals surface area contributed by atoms with Crippen LogP contribution in [0.4, 0.5) is 0 Å². The van der Waals surface area contributed by atoms with Crippen LogP contribution in [0.5, 0.6) is 0 Å². The molecule has 0 bridgehead atoms. The highest BCUT2D eigenvalue weighted by atomic mass is 16.6. The third-order valence-corrected chi connectivity index (χ3v) is 1.84. The first-order valence-corrected chi connectivity index (χ1v) is 4.27. The average molecular weight is 160 g/mol. The fourth-order valence-electron chi connectivity index (χ4n) is 0.859. The lowest BCUT2D eigenvalue weighted by Gasteiger charge is -2.18. The molecule has 0 saturated carbocycles. The van der Waals surface area contributed by atoms with Crippen molar-refractivity contribution in [2.45, 2.75) is 20.8 Å². The van der Waals surface area contributed by atoms with Crippen LogP contribution in [-0.4, -0.2) is 19.7 Å². The molecular formula is C8H20N2O. The van der Waals surface area contributed by atoms with Gasteiger partial charge in [0.1, 0.15) is 0 Å². The molecule has 68 valence electrons. The lowest BCUT2D eigenvalue weighted by atomic mass is 9.96. The zero-order valence-corrected chi connectivity index (χ0v) is 7.76. The van der Waals surface area contributed by atoms with Crippen molar-refractivity contribution in [3.8, 4) is 0 Å². The van der Waals surface area contributed by atoms with Gasteiger partial charge >= 0.3 is 0 Å². The van der Waals surface area contributed by atoms with Crippen LogP contribution < -0.4 is 11.2 Å².